The Bertz CT molecular complexity index is 616. The van der Waals surface area contributed by atoms with E-state index >= 15 is 0 Å². The van der Waals surface area contributed by atoms with Crippen LogP contribution in [0.25, 0.3) is 0 Å². The molecule has 0 fully saturated rings. The van der Waals surface area contributed by atoms with E-state index in [0.29, 0.717) is 22.3 Å². The fourth-order valence-electron chi connectivity index (χ4n) is 1.45. The highest BCUT2D eigenvalue weighted by atomic mass is 35.5. The SMILES string of the molecule is Cc1ncc(CNC(=O)CSc2cc(Cl)ccc2Cl)s1. The minimum atomic E-state index is -0.0444. The number of aromatic nitrogens is 1. The maximum atomic E-state index is 11.8. The summed E-state index contributed by atoms with van der Waals surface area (Å²) in [6.07, 6.45) is 1.78. The van der Waals surface area contributed by atoms with Gasteiger partial charge in [-0.25, -0.2) is 4.98 Å². The second-order valence-electron chi connectivity index (χ2n) is 3.99. The second kappa shape index (κ2) is 7.31. The Labute approximate surface area is 135 Å². The average molecular weight is 347 g/mol. The first-order valence-electron chi connectivity index (χ1n) is 5.80. The van der Waals surface area contributed by atoms with Crippen LogP contribution in [-0.4, -0.2) is 16.6 Å². The van der Waals surface area contributed by atoms with Crippen LogP contribution in [0.1, 0.15) is 9.88 Å². The summed E-state index contributed by atoms with van der Waals surface area (Å²) < 4.78 is 0. The number of hydrogen-bond donors (Lipinski definition) is 1. The van der Waals surface area contributed by atoms with Gasteiger partial charge in [0.1, 0.15) is 0 Å². The lowest BCUT2D eigenvalue weighted by atomic mass is 10.4. The molecule has 0 spiro atoms. The summed E-state index contributed by atoms with van der Waals surface area (Å²) in [6.45, 7) is 2.45. The van der Waals surface area contributed by atoms with Crippen LogP contribution in [0.3, 0.4) is 0 Å². The number of rotatable bonds is 5. The standard InChI is InChI=1S/C13H12Cl2N2OS2/c1-8-16-5-10(20-8)6-17-13(18)7-19-12-4-9(14)2-3-11(12)15/h2-5H,6-7H2,1H3,(H,17,18). The maximum absolute atomic E-state index is 11.8. The Morgan fingerprint density at radius 2 is 2.25 bits per heavy atom. The molecule has 1 aromatic carbocycles. The highest BCUT2D eigenvalue weighted by Crippen LogP contribution is 2.29. The summed E-state index contributed by atoms with van der Waals surface area (Å²) in [5, 5.41) is 5.06. The molecule has 106 valence electrons. The van der Waals surface area contributed by atoms with Crippen LogP contribution in [0, 0.1) is 6.92 Å². The van der Waals surface area contributed by atoms with Crippen molar-refractivity contribution in [2.45, 2.75) is 18.4 Å². The van der Waals surface area contributed by atoms with Crippen molar-refractivity contribution in [1.29, 1.82) is 0 Å². The van der Waals surface area contributed by atoms with Crippen molar-refractivity contribution in [1.82, 2.24) is 10.3 Å². The van der Waals surface area contributed by atoms with Gasteiger partial charge in [0.2, 0.25) is 5.91 Å². The Morgan fingerprint density at radius 3 is 2.95 bits per heavy atom. The molecular formula is C13H12Cl2N2OS2. The third-order valence-electron chi connectivity index (χ3n) is 2.38. The number of carbonyl (C=O) groups excluding carboxylic acids is 1. The van der Waals surface area contributed by atoms with Crippen LogP contribution < -0.4 is 5.32 Å². The van der Waals surface area contributed by atoms with Crippen molar-refractivity contribution in [2.24, 2.45) is 0 Å². The molecular weight excluding hydrogens is 335 g/mol. The fraction of sp³-hybridized carbons (Fsp3) is 0.231. The molecule has 0 aliphatic rings. The highest BCUT2D eigenvalue weighted by molar-refractivity contribution is 8.00. The Kier molecular flexibility index (Phi) is 5.72. The van der Waals surface area contributed by atoms with Crippen LogP contribution in [0.4, 0.5) is 0 Å². The Morgan fingerprint density at radius 1 is 1.45 bits per heavy atom. The topological polar surface area (TPSA) is 42.0 Å². The molecule has 0 saturated heterocycles. The van der Waals surface area contributed by atoms with Crippen molar-refractivity contribution in [3.63, 3.8) is 0 Å². The van der Waals surface area contributed by atoms with Crippen LogP contribution in [0.5, 0.6) is 0 Å². The third kappa shape index (κ3) is 4.66. The van der Waals surface area contributed by atoms with Gasteiger partial charge in [-0.2, -0.15) is 0 Å². The quantitative estimate of drug-likeness (QED) is 0.826. The second-order valence-corrected chi connectivity index (χ2v) is 7.17. The molecule has 1 heterocycles. The zero-order chi connectivity index (χ0) is 14.5. The number of benzene rings is 1. The number of thioether (sulfide) groups is 1. The maximum Gasteiger partial charge on any atom is 0.230 e. The molecule has 20 heavy (non-hydrogen) atoms. The minimum Gasteiger partial charge on any atom is -0.350 e. The highest BCUT2D eigenvalue weighted by Gasteiger charge is 2.07. The summed E-state index contributed by atoms with van der Waals surface area (Å²) in [5.41, 5.74) is 0. The fourth-order valence-corrected chi connectivity index (χ4v) is 3.51. The predicted octanol–water partition coefficient (Wildman–Crippen LogP) is 4.17. The lowest BCUT2D eigenvalue weighted by Crippen LogP contribution is -2.24. The molecule has 0 radical (unpaired) electrons. The molecule has 7 heteroatoms. The molecule has 2 aromatic rings. The number of nitrogens with zero attached hydrogens (tertiary/aromatic N) is 1. The van der Waals surface area contributed by atoms with Crippen molar-refractivity contribution in [2.75, 3.05) is 5.75 Å². The molecule has 1 aromatic heterocycles. The zero-order valence-corrected chi connectivity index (χ0v) is 13.8. The Hall–Kier alpha value is -0.750. The molecule has 0 aliphatic heterocycles. The van der Waals surface area contributed by atoms with Crippen molar-refractivity contribution in [3.8, 4) is 0 Å². The van der Waals surface area contributed by atoms with Crippen LogP contribution in [-0.2, 0) is 11.3 Å². The van der Waals surface area contributed by atoms with Gasteiger partial charge >= 0.3 is 0 Å². The van der Waals surface area contributed by atoms with Gasteiger partial charge in [-0.1, -0.05) is 23.2 Å². The minimum absolute atomic E-state index is 0.0444. The summed E-state index contributed by atoms with van der Waals surface area (Å²) in [4.78, 5) is 17.8. The van der Waals surface area contributed by atoms with E-state index in [-0.39, 0.29) is 5.91 Å². The van der Waals surface area contributed by atoms with E-state index in [0.717, 1.165) is 14.8 Å². The van der Waals surface area contributed by atoms with Gasteiger partial charge < -0.3 is 5.32 Å². The molecule has 0 aliphatic carbocycles. The van der Waals surface area contributed by atoms with E-state index in [1.54, 1.807) is 35.7 Å². The molecule has 0 bridgehead atoms. The van der Waals surface area contributed by atoms with E-state index < -0.39 is 0 Å². The van der Waals surface area contributed by atoms with E-state index in [1.807, 2.05) is 6.92 Å². The molecule has 1 amide bonds. The smallest absolute Gasteiger partial charge is 0.230 e. The lowest BCUT2D eigenvalue weighted by molar-refractivity contribution is -0.118. The number of halogens is 2. The molecule has 2 rings (SSSR count). The van der Waals surface area contributed by atoms with Gasteiger partial charge in [0, 0.05) is 21.0 Å². The van der Waals surface area contributed by atoms with Crippen LogP contribution in [0.15, 0.2) is 29.3 Å². The van der Waals surface area contributed by atoms with Crippen LogP contribution >= 0.6 is 46.3 Å². The number of thiazole rings is 1. The molecule has 1 N–H and O–H groups in total. The van der Waals surface area contributed by atoms with Crippen LogP contribution in [0.2, 0.25) is 10.0 Å². The van der Waals surface area contributed by atoms with Gasteiger partial charge in [0.25, 0.3) is 0 Å². The normalized spacial score (nSPS) is 10.6. The molecule has 0 atom stereocenters. The lowest BCUT2D eigenvalue weighted by Gasteiger charge is -2.05. The Balaban J connectivity index is 1.81. The molecule has 0 saturated carbocycles. The third-order valence-corrected chi connectivity index (χ3v) is 5.03. The average Bonchev–Trinajstić information content (AvgIpc) is 2.83. The van der Waals surface area contributed by atoms with E-state index in [1.165, 1.54) is 11.8 Å². The van der Waals surface area contributed by atoms with Gasteiger partial charge in [-0.05, 0) is 25.1 Å². The van der Waals surface area contributed by atoms with E-state index in [2.05, 4.69) is 10.3 Å². The van der Waals surface area contributed by atoms with Gasteiger partial charge in [0.15, 0.2) is 0 Å². The number of nitrogens with one attached hydrogen (secondary N) is 1. The van der Waals surface area contributed by atoms with E-state index in [4.69, 9.17) is 23.2 Å². The van der Waals surface area contributed by atoms with Crippen molar-refractivity contribution < 1.29 is 4.79 Å². The number of aryl methyl sites for hydroxylation is 1. The largest absolute Gasteiger partial charge is 0.350 e. The number of carbonyl (C=O) groups is 1. The summed E-state index contributed by atoms with van der Waals surface area (Å²) in [5.74, 6) is 0.259. The number of hydrogen-bond acceptors (Lipinski definition) is 4. The first kappa shape index (κ1) is 15.6. The monoisotopic (exact) mass is 346 g/mol. The summed E-state index contributed by atoms with van der Waals surface area (Å²) in [6, 6.07) is 5.21. The molecule has 3 nitrogen and oxygen atoms in total. The predicted molar refractivity (Wildman–Crippen MR) is 85.9 cm³/mol. The molecule has 0 unspecified atom stereocenters. The first-order chi connectivity index (χ1) is 9.54. The van der Waals surface area contributed by atoms with Crippen molar-refractivity contribution in [3.05, 3.63) is 44.3 Å². The summed E-state index contributed by atoms with van der Waals surface area (Å²) in [7, 11) is 0. The number of amides is 1. The van der Waals surface area contributed by atoms with Crippen molar-refractivity contribution >= 4 is 52.2 Å². The zero-order valence-electron chi connectivity index (χ0n) is 10.7. The van der Waals surface area contributed by atoms with Gasteiger partial charge in [0.05, 0.1) is 22.3 Å². The van der Waals surface area contributed by atoms with Gasteiger partial charge in [-0.15, -0.1) is 23.1 Å². The van der Waals surface area contributed by atoms with Gasteiger partial charge in [-0.3, -0.25) is 4.79 Å². The first-order valence-corrected chi connectivity index (χ1v) is 8.36. The summed E-state index contributed by atoms with van der Waals surface area (Å²) >= 11 is 14.9. The van der Waals surface area contributed by atoms with E-state index in [9.17, 15) is 4.79 Å².